The van der Waals surface area contributed by atoms with Crippen LogP contribution in [-0.2, 0) is 19.9 Å². The number of hydrogen-bond donors (Lipinski definition) is 2. The standard InChI is InChI=1S/C17H27N5O.HI/c1-12(11-16-13(2)21-22(5)14(16)3)20-17(18-4)19-9-8-15-7-6-10-23-15;/h6-7,10,12H,8-9,11H2,1-5H3,(H2,18,19,20);1H. The van der Waals surface area contributed by atoms with Gasteiger partial charge in [0, 0.05) is 38.8 Å². The highest BCUT2D eigenvalue weighted by molar-refractivity contribution is 14.0. The van der Waals surface area contributed by atoms with E-state index in [9.17, 15) is 0 Å². The van der Waals surface area contributed by atoms with Gasteiger partial charge < -0.3 is 15.1 Å². The highest BCUT2D eigenvalue weighted by atomic mass is 127. The molecule has 0 saturated heterocycles. The van der Waals surface area contributed by atoms with Crippen molar-refractivity contribution in [2.45, 2.75) is 39.7 Å². The lowest BCUT2D eigenvalue weighted by molar-refractivity contribution is 0.506. The van der Waals surface area contributed by atoms with E-state index in [1.807, 2.05) is 23.9 Å². The monoisotopic (exact) mass is 445 g/mol. The predicted octanol–water partition coefficient (Wildman–Crippen LogP) is 2.59. The Morgan fingerprint density at radius 1 is 1.42 bits per heavy atom. The molecule has 0 saturated carbocycles. The quantitative estimate of drug-likeness (QED) is 0.408. The average molecular weight is 445 g/mol. The van der Waals surface area contributed by atoms with Crippen LogP contribution in [0, 0.1) is 13.8 Å². The summed E-state index contributed by atoms with van der Waals surface area (Å²) >= 11 is 0. The number of aliphatic imine (C=N–C) groups is 1. The highest BCUT2D eigenvalue weighted by Crippen LogP contribution is 2.14. The van der Waals surface area contributed by atoms with Gasteiger partial charge in [-0.2, -0.15) is 5.10 Å². The number of halogens is 1. The van der Waals surface area contributed by atoms with E-state index in [1.54, 1.807) is 13.3 Å². The zero-order valence-corrected chi connectivity index (χ0v) is 17.4. The normalized spacial score (nSPS) is 12.6. The maximum absolute atomic E-state index is 5.33. The summed E-state index contributed by atoms with van der Waals surface area (Å²) in [5.41, 5.74) is 3.62. The van der Waals surface area contributed by atoms with E-state index in [1.165, 1.54) is 11.3 Å². The lowest BCUT2D eigenvalue weighted by Crippen LogP contribution is -2.43. The van der Waals surface area contributed by atoms with Crippen LogP contribution in [0.15, 0.2) is 27.8 Å². The fraction of sp³-hybridized carbons (Fsp3) is 0.529. The van der Waals surface area contributed by atoms with Crippen molar-refractivity contribution >= 4 is 29.9 Å². The molecule has 0 aromatic carbocycles. The first kappa shape index (κ1) is 20.5. The molecule has 2 aromatic heterocycles. The van der Waals surface area contributed by atoms with Crippen molar-refractivity contribution < 1.29 is 4.42 Å². The highest BCUT2D eigenvalue weighted by Gasteiger charge is 2.13. The topological polar surface area (TPSA) is 67.4 Å². The molecule has 1 atom stereocenters. The zero-order valence-electron chi connectivity index (χ0n) is 15.1. The summed E-state index contributed by atoms with van der Waals surface area (Å²) in [6.45, 7) is 7.11. The van der Waals surface area contributed by atoms with Crippen LogP contribution in [0.2, 0.25) is 0 Å². The van der Waals surface area contributed by atoms with Crippen LogP contribution < -0.4 is 10.6 Å². The van der Waals surface area contributed by atoms with Gasteiger partial charge >= 0.3 is 0 Å². The molecule has 0 radical (unpaired) electrons. The first-order chi connectivity index (χ1) is 11.0. The second-order valence-corrected chi connectivity index (χ2v) is 5.85. The smallest absolute Gasteiger partial charge is 0.191 e. The van der Waals surface area contributed by atoms with Gasteiger partial charge in [-0.15, -0.1) is 24.0 Å². The molecular weight excluding hydrogens is 417 g/mol. The maximum atomic E-state index is 5.33. The molecule has 134 valence electrons. The van der Waals surface area contributed by atoms with E-state index < -0.39 is 0 Å². The van der Waals surface area contributed by atoms with Crippen molar-refractivity contribution in [1.29, 1.82) is 0 Å². The summed E-state index contributed by atoms with van der Waals surface area (Å²) < 4.78 is 7.27. The summed E-state index contributed by atoms with van der Waals surface area (Å²) in [5.74, 6) is 1.78. The van der Waals surface area contributed by atoms with Crippen LogP contribution in [-0.4, -0.2) is 35.4 Å². The number of hydrogen-bond acceptors (Lipinski definition) is 3. The minimum absolute atomic E-state index is 0. The molecule has 2 aromatic rings. The molecule has 0 bridgehead atoms. The molecule has 0 aliphatic rings. The molecule has 1 unspecified atom stereocenters. The van der Waals surface area contributed by atoms with E-state index >= 15 is 0 Å². The summed E-state index contributed by atoms with van der Waals surface area (Å²) in [6, 6.07) is 4.16. The second-order valence-electron chi connectivity index (χ2n) is 5.85. The Balaban J connectivity index is 0.00000288. The van der Waals surface area contributed by atoms with Crippen molar-refractivity contribution in [3.8, 4) is 0 Å². The minimum Gasteiger partial charge on any atom is -0.469 e. The van der Waals surface area contributed by atoms with Crippen LogP contribution in [0.4, 0.5) is 0 Å². The number of aryl methyl sites for hydroxylation is 2. The van der Waals surface area contributed by atoms with Gasteiger partial charge in [-0.25, -0.2) is 0 Å². The van der Waals surface area contributed by atoms with E-state index in [0.717, 1.165) is 36.8 Å². The van der Waals surface area contributed by atoms with Gasteiger partial charge in [-0.05, 0) is 44.9 Å². The van der Waals surface area contributed by atoms with Gasteiger partial charge in [-0.3, -0.25) is 9.67 Å². The van der Waals surface area contributed by atoms with Gasteiger partial charge in [0.2, 0.25) is 0 Å². The summed E-state index contributed by atoms with van der Waals surface area (Å²) in [7, 11) is 3.77. The molecule has 24 heavy (non-hydrogen) atoms. The van der Waals surface area contributed by atoms with Gasteiger partial charge in [-0.1, -0.05) is 0 Å². The van der Waals surface area contributed by atoms with E-state index in [0.29, 0.717) is 0 Å². The number of nitrogens with one attached hydrogen (secondary N) is 2. The van der Waals surface area contributed by atoms with E-state index in [4.69, 9.17) is 4.42 Å². The molecular formula is C17H28IN5O. The number of guanidine groups is 1. The third kappa shape index (κ3) is 5.54. The lowest BCUT2D eigenvalue weighted by atomic mass is 10.1. The fourth-order valence-electron chi connectivity index (χ4n) is 2.66. The minimum atomic E-state index is 0. The largest absolute Gasteiger partial charge is 0.469 e. The van der Waals surface area contributed by atoms with Gasteiger partial charge in [0.25, 0.3) is 0 Å². The molecule has 0 fully saturated rings. The summed E-state index contributed by atoms with van der Waals surface area (Å²) in [4.78, 5) is 4.28. The Morgan fingerprint density at radius 2 is 2.17 bits per heavy atom. The first-order valence-corrected chi connectivity index (χ1v) is 8.00. The van der Waals surface area contributed by atoms with Gasteiger partial charge in [0.05, 0.1) is 12.0 Å². The molecule has 0 aliphatic carbocycles. The van der Waals surface area contributed by atoms with E-state index in [2.05, 4.69) is 41.5 Å². The van der Waals surface area contributed by atoms with Crippen LogP contribution in [0.25, 0.3) is 0 Å². The molecule has 2 N–H and O–H groups in total. The summed E-state index contributed by atoms with van der Waals surface area (Å²) in [6.07, 6.45) is 3.45. The Labute approximate surface area is 161 Å². The number of rotatable bonds is 6. The van der Waals surface area contributed by atoms with Crippen LogP contribution >= 0.6 is 24.0 Å². The molecule has 0 amide bonds. The Bertz CT molecular complexity index is 648. The third-order valence-corrected chi connectivity index (χ3v) is 4.02. The van der Waals surface area contributed by atoms with Crippen molar-refractivity contribution in [2.75, 3.05) is 13.6 Å². The van der Waals surface area contributed by atoms with Crippen molar-refractivity contribution in [3.63, 3.8) is 0 Å². The van der Waals surface area contributed by atoms with Crippen molar-refractivity contribution in [2.24, 2.45) is 12.0 Å². The SMILES string of the molecule is CN=C(NCCc1ccco1)NC(C)Cc1c(C)nn(C)c1C.I. The van der Waals surface area contributed by atoms with Crippen LogP contribution in [0.5, 0.6) is 0 Å². The molecule has 0 aliphatic heterocycles. The van der Waals surface area contributed by atoms with E-state index in [-0.39, 0.29) is 30.0 Å². The lowest BCUT2D eigenvalue weighted by Gasteiger charge is -2.18. The molecule has 7 heteroatoms. The molecule has 6 nitrogen and oxygen atoms in total. The van der Waals surface area contributed by atoms with Crippen molar-refractivity contribution in [3.05, 3.63) is 41.1 Å². The molecule has 0 spiro atoms. The molecule has 2 heterocycles. The average Bonchev–Trinajstić information content (AvgIpc) is 3.11. The van der Waals surface area contributed by atoms with Crippen LogP contribution in [0.1, 0.15) is 29.6 Å². The Kier molecular flexibility index (Phi) is 8.30. The second kappa shape index (κ2) is 9.71. The number of aromatic nitrogens is 2. The Morgan fingerprint density at radius 3 is 2.71 bits per heavy atom. The van der Waals surface area contributed by atoms with Crippen LogP contribution in [0.3, 0.4) is 0 Å². The Hall–Kier alpha value is -1.51. The third-order valence-electron chi connectivity index (χ3n) is 4.02. The molecule has 2 rings (SSSR count). The predicted molar refractivity (Wildman–Crippen MR) is 108 cm³/mol. The number of furan rings is 1. The van der Waals surface area contributed by atoms with Crippen molar-refractivity contribution in [1.82, 2.24) is 20.4 Å². The van der Waals surface area contributed by atoms with Gasteiger partial charge in [0.15, 0.2) is 5.96 Å². The fourth-order valence-corrected chi connectivity index (χ4v) is 2.66. The summed E-state index contributed by atoms with van der Waals surface area (Å²) in [5, 5.41) is 11.2. The zero-order chi connectivity index (χ0) is 16.8. The van der Waals surface area contributed by atoms with Gasteiger partial charge in [0.1, 0.15) is 5.76 Å². The maximum Gasteiger partial charge on any atom is 0.191 e. The number of nitrogens with zero attached hydrogens (tertiary/aromatic N) is 3. The first-order valence-electron chi connectivity index (χ1n) is 8.00.